The largest absolute Gasteiger partial charge is 0.458 e. The van der Waals surface area contributed by atoms with Gasteiger partial charge < -0.3 is 4.74 Å². The van der Waals surface area contributed by atoms with Gasteiger partial charge in [0.05, 0.1) is 0 Å². The number of carbonyl (C=O) groups is 3. The number of rotatable bonds is 10. The van der Waals surface area contributed by atoms with Gasteiger partial charge in [-0.3, -0.25) is 10.0 Å². The number of nitrogens with one attached hydrogen (secondary N) is 1. The van der Waals surface area contributed by atoms with E-state index in [1.54, 1.807) is 39.0 Å². The molecule has 0 spiro atoms. The molecular formula is C24H36N2O5. The summed E-state index contributed by atoms with van der Waals surface area (Å²) >= 11 is 0. The molecule has 0 bridgehead atoms. The first-order chi connectivity index (χ1) is 14.5. The number of ether oxygens (including phenoxy) is 1. The molecule has 3 amide bonds. The summed E-state index contributed by atoms with van der Waals surface area (Å²) in [5.74, 6) is -1.53. The normalized spacial score (nSPS) is 13.3. The fourth-order valence-electron chi connectivity index (χ4n) is 3.36. The summed E-state index contributed by atoms with van der Waals surface area (Å²) in [5.41, 5.74) is 1.48. The molecule has 0 aromatic heterocycles. The Labute approximate surface area is 185 Å². The van der Waals surface area contributed by atoms with E-state index < -0.39 is 35.5 Å². The zero-order valence-corrected chi connectivity index (χ0v) is 19.3. The van der Waals surface area contributed by atoms with Crippen LogP contribution < -0.4 is 5.48 Å². The Balaban J connectivity index is 3.40. The number of hydrogen-bond donors (Lipinski definition) is 2. The lowest BCUT2D eigenvalue weighted by Gasteiger charge is -2.33. The highest BCUT2D eigenvalue weighted by Gasteiger charge is 2.40. The van der Waals surface area contributed by atoms with Gasteiger partial charge in [-0.2, -0.15) is 0 Å². The molecular weight excluding hydrogens is 396 g/mol. The summed E-state index contributed by atoms with van der Waals surface area (Å²) in [5, 5.41) is 9.36. The molecule has 172 valence electrons. The van der Waals surface area contributed by atoms with Crippen LogP contribution >= 0.6 is 0 Å². The number of allylic oxidation sites excluding steroid dienone is 1. The molecule has 2 N–H and O–H groups in total. The Morgan fingerprint density at radius 2 is 1.81 bits per heavy atom. The van der Waals surface area contributed by atoms with Crippen LogP contribution in [0, 0.1) is 11.8 Å². The van der Waals surface area contributed by atoms with Crippen molar-refractivity contribution in [1.82, 2.24) is 10.4 Å². The van der Waals surface area contributed by atoms with Gasteiger partial charge in [0.25, 0.3) is 0 Å². The number of imide groups is 1. The average Bonchev–Trinajstić information content (AvgIpc) is 2.69. The predicted molar refractivity (Wildman–Crippen MR) is 119 cm³/mol. The van der Waals surface area contributed by atoms with Crippen molar-refractivity contribution in [2.24, 2.45) is 11.8 Å². The third-order valence-electron chi connectivity index (χ3n) is 4.64. The number of hydroxylamine groups is 1. The lowest BCUT2D eigenvalue weighted by atomic mass is 9.90. The molecule has 0 radical (unpaired) electrons. The molecule has 31 heavy (non-hydrogen) atoms. The second-order valence-electron chi connectivity index (χ2n) is 9.06. The zero-order chi connectivity index (χ0) is 23.6. The van der Waals surface area contributed by atoms with Gasteiger partial charge in [-0.1, -0.05) is 50.3 Å². The highest BCUT2D eigenvalue weighted by Crippen LogP contribution is 2.24. The summed E-state index contributed by atoms with van der Waals surface area (Å²) in [6.45, 7) is 12.8. The van der Waals surface area contributed by atoms with E-state index in [1.165, 1.54) is 5.48 Å². The smallest absolute Gasteiger partial charge is 0.348 e. The third-order valence-corrected chi connectivity index (χ3v) is 4.64. The van der Waals surface area contributed by atoms with E-state index in [1.807, 2.05) is 32.0 Å². The average molecular weight is 433 g/mol. The van der Waals surface area contributed by atoms with Gasteiger partial charge in [0, 0.05) is 12.3 Å². The van der Waals surface area contributed by atoms with Gasteiger partial charge in [-0.15, -0.1) is 6.58 Å². The fourth-order valence-corrected chi connectivity index (χ4v) is 3.36. The Morgan fingerprint density at radius 3 is 2.29 bits per heavy atom. The van der Waals surface area contributed by atoms with Crippen LogP contribution in [0.1, 0.15) is 59.4 Å². The van der Waals surface area contributed by atoms with Crippen LogP contribution in [0.25, 0.3) is 0 Å². The van der Waals surface area contributed by atoms with Crippen LogP contribution in [0.3, 0.4) is 0 Å². The Kier molecular flexibility index (Phi) is 10.4. The molecule has 0 aliphatic heterocycles. The van der Waals surface area contributed by atoms with Gasteiger partial charge in [0.1, 0.15) is 11.6 Å². The topological polar surface area (TPSA) is 95.9 Å². The van der Waals surface area contributed by atoms with E-state index in [4.69, 9.17) is 4.74 Å². The minimum atomic E-state index is -1.22. The Morgan fingerprint density at radius 1 is 1.19 bits per heavy atom. The van der Waals surface area contributed by atoms with E-state index in [9.17, 15) is 19.6 Å². The molecule has 1 aromatic carbocycles. The number of amides is 3. The summed E-state index contributed by atoms with van der Waals surface area (Å²) in [6, 6.07) is 6.80. The standard InChI is InChI=1S/C24H36N2O5/c1-7-8-14-19(15-17(2)3)21(27)26(23(29)25-30)20(22(28)31-24(4,5)6)16-18-12-10-9-11-13-18/h7,9-13,17,19-20,30H,1,8,14-16H2,2-6H3,(H,25,29)/t19?,20-/m0/s1. The number of hydrogen-bond acceptors (Lipinski definition) is 5. The molecule has 1 aromatic rings. The van der Waals surface area contributed by atoms with Crippen LogP contribution in [0.5, 0.6) is 0 Å². The van der Waals surface area contributed by atoms with Crippen molar-refractivity contribution in [3.05, 3.63) is 48.6 Å². The Hall–Kier alpha value is -2.67. The fraction of sp³-hybridized carbons (Fsp3) is 0.542. The van der Waals surface area contributed by atoms with Crippen molar-refractivity contribution in [2.45, 2.75) is 71.9 Å². The first-order valence-electron chi connectivity index (χ1n) is 10.6. The van der Waals surface area contributed by atoms with E-state index >= 15 is 0 Å². The molecule has 0 aliphatic carbocycles. The molecule has 0 aliphatic rings. The van der Waals surface area contributed by atoms with Crippen LogP contribution in [0.15, 0.2) is 43.0 Å². The van der Waals surface area contributed by atoms with E-state index in [0.29, 0.717) is 19.3 Å². The lowest BCUT2D eigenvalue weighted by Crippen LogP contribution is -2.56. The maximum atomic E-state index is 13.5. The van der Waals surface area contributed by atoms with Crippen molar-refractivity contribution < 1.29 is 24.3 Å². The molecule has 1 unspecified atom stereocenters. The van der Waals surface area contributed by atoms with Crippen molar-refractivity contribution >= 4 is 17.9 Å². The van der Waals surface area contributed by atoms with Gasteiger partial charge in [0.15, 0.2) is 0 Å². The molecule has 2 atom stereocenters. The van der Waals surface area contributed by atoms with Gasteiger partial charge in [-0.25, -0.2) is 20.0 Å². The van der Waals surface area contributed by atoms with Gasteiger partial charge >= 0.3 is 12.0 Å². The number of esters is 1. The van der Waals surface area contributed by atoms with Crippen molar-refractivity contribution in [2.75, 3.05) is 0 Å². The first-order valence-corrected chi connectivity index (χ1v) is 10.6. The Bertz CT molecular complexity index is 740. The molecule has 1 rings (SSSR count). The maximum absolute atomic E-state index is 13.5. The van der Waals surface area contributed by atoms with Crippen molar-refractivity contribution in [1.29, 1.82) is 0 Å². The van der Waals surface area contributed by atoms with Crippen LogP contribution in [-0.2, 0) is 20.7 Å². The summed E-state index contributed by atoms with van der Waals surface area (Å²) in [4.78, 5) is 40.0. The maximum Gasteiger partial charge on any atom is 0.348 e. The van der Waals surface area contributed by atoms with Crippen molar-refractivity contribution in [3.8, 4) is 0 Å². The minimum Gasteiger partial charge on any atom is -0.458 e. The van der Waals surface area contributed by atoms with Gasteiger partial charge in [0.2, 0.25) is 5.91 Å². The van der Waals surface area contributed by atoms with E-state index in [2.05, 4.69) is 6.58 Å². The van der Waals surface area contributed by atoms with E-state index in [0.717, 1.165) is 10.5 Å². The quantitative estimate of drug-likeness (QED) is 0.246. The molecule has 7 nitrogen and oxygen atoms in total. The number of urea groups is 1. The summed E-state index contributed by atoms with van der Waals surface area (Å²) < 4.78 is 5.53. The lowest BCUT2D eigenvalue weighted by molar-refractivity contribution is -0.164. The van der Waals surface area contributed by atoms with Crippen molar-refractivity contribution in [3.63, 3.8) is 0 Å². The highest BCUT2D eigenvalue weighted by molar-refractivity contribution is 5.99. The van der Waals surface area contributed by atoms with Crippen LogP contribution in [0.4, 0.5) is 4.79 Å². The zero-order valence-electron chi connectivity index (χ0n) is 19.3. The second kappa shape index (κ2) is 12.2. The molecule has 0 heterocycles. The number of carbonyl (C=O) groups excluding carboxylic acids is 3. The van der Waals surface area contributed by atoms with E-state index in [-0.39, 0.29) is 12.3 Å². The monoisotopic (exact) mass is 432 g/mol. The summed E-state index contributed by atoms with van der Waals surface area (Å²) in [7, 11) is 0. The second-order valence-corrected chi connectivity index (χ2v) is 9.06. The first kappa shape index (κ1) is 26.4. The third kappa shape index (κ3) is 8.92. The number of nitrogens with zero attached hydrogens (tertiary/aromatic N) is 1. The molecule has 0 fully saturated rings. The molecule has 7 heteroatoms. The predicted octanol–water partition coefficient (Wildman–Crippen LogP) is 4.50. The molecule has 0 saturated heterocycles. The van der Waals surface area contributed by atoms with Crippen LogP contribution in [0.2, 0.25) is 0 Å². The SMILES string of the molecule is C=CCCC(CC(C)C)C(=O)N(C(=O)NO)[C@@H](Cc1ccccc1)C(=O)OC(C)(C)C. The van der Waals surface area contributed by atoms with Crippen LogP contribution in [-0.4, -0.2) is 39.7 Å². The highest BCUT2D eigenvalue weighted by atomic mass is 16.6. The minimum absolute atomic E-state index is 0.0742. The molecule has 0 saturated carbocycles. The summed E-state index contributed by atoms with van der Waals surface area (Å²) in [6.07, 6.45) is 3.40. The van der Waals surface area contributed by atoms with Gasteiger partial charge in [-0.05, 0) is 51.5 Å². The number of benzene rings is 1.